The van der Waals surface area contributed by atoms with Crippen LogP contribution in [-0.2, 0) is 6.54 Å². The van der Waals surface area contributed by atoms with Gasteiger partial charge in [0.2, 0.25) is 0 Å². The first kappa shape index (κ1) is 18.2. The van der Waals surface area contributed by atoms with Gasteiger partial charge in [0.15, 0.2) is 5.11 Å². The average Bonchev–Trinajstić information content (AvgIpc) is 3.00. The fourth-order valence-corrected chi connectivity index (χ4v) is 3.28. The number of hydrogen-bond donors (Lipinski definition) is 2. The number of anilines is 1. The second-order valence-corrected chi connectivity index (χ2v) is 7.70. The summed E-state index contributed by atoms with van der Waals surface area (Å²) in [5, 5.41) is 6.91. The lowest BCUT2D eigenvalue weighted by atomic mass is 10.2. The highest BCUT2D eigenvalue weighted by molar-refractivity contribution is 7.80. The Kier molecular flexibility index (Phi) is 6.84. The van der Waals surface area contributed by atoms with Gasteiger partial charge in [0, 0.05) is 15.6 Å². The zero-order valence-electron chi connectivity index (χ0n) is 13.7. The molecule has 1 heterocycles. The van der Waals surface area contributed by atoms with Crippen LogP contribution in [0.4, 0.5) is 5.69 Å². The van der Waals surface area contributed by atoms with Crippen molar-refractivity contribution < 1.29 is 4.90 Å². The largest absolute Gasteiger partial charge is 0.338 e. The zero-order valence-corrected chi connectivity index (χ0v) is 16.1. The molecule has 0 amide bonds. The third-order valence-electron chi connectivity index (χ3n) is 3.54. The van der Waals surface area contributed by atoms with E-state index in [0.717, 1.165) is 36.0 Å². The summed E-state index contributed by atoms with van der Waals surface area (Å²) in [6.07, 6.45) is 0. The molecule has 3 nitrogen and oxygen atoms in total. The van der Waals surface area contributed by atoms with E-state index in [-0.39, 0.29) is 0 Å². The Labute approximate surface area is 152 Å². The summed E-state index contributed by atoms with van der Waals surface area (Å²) >= 11 is 13.5. The normalized spacial score (nSPS) is 10.8. The Morgan fingerprint density at radius 3 is 2.78 bits per heavy atom. The van der Waals surface area contributed by atoms with E-state index in [2.05, 4.69) is 48.7 Å². The molecule has 2 N–H and O–H groups in total. The maximum Gasteiger partial charge on any atom is 0.173 e. The maximum atomic E-state index is 6.10. The van der Waals surface area contributed by atoms with Crippen LogP contribution in [0.25, 0.3) is 0 Å². The van der Waals surface area contributed by atoms with Gasteiger partial charge in [-0.1, -0.05) is 23.7 Å². The Bertz CT molecular complexity index is 641. The molecule has 0 saturated carbocycles. The van der Waals surface area contributed by atoms with Crippen molar-refractivity contribution in [3.63, 3.8) is 0 Å². The van der Waals surface area contributed by atoms with Crippen molar-refractivity contribution in [1.29, 1.82) is 0 Å². The van der Waals surface area contributed by atoms with Crippen LogP contribution in [0.15, 0.2) is 35.7 Å². The number of likely N-dealkylation sites (N-methyl/N-ethyl adjacent to an activating group) is 1. The molecule has 1 aromatic heterocycles. The third kappa shape index (κ3) is 5.77. The van der Waals surface area contributed by atoms with E-state index in [9.17, 15) is 0 Å². The molecule has 0 fully saturated rings. The Balaban J connectivity index is 2.09. The van der Waals surface area contributed by atoms with E-state index >= 15 is 0 Å². The fraction of sp³-hybridized carbons (Fsp3) is 0.353. The lowest BCUT2D eigenvalue weighted by Gasteiger charge is -2.26. The summed E-state index contributed by atoms with van der Waals surface area (Å²) in [5.74, 6) is 0. The average molecular weight is 369 g/mol. The maximum absolute atomic E-state index is 6.10. The van der Waals surface area contributed by atoms with Gasteiger partial charge < -0.3 is 15.1 Å². The Morgan fingerprint density at radius 1 is 1.35 bits per heavy atom. The van der Waals surface area contributed by atoms with Crippen LogP contribution >= 0.6 is 35.2 Å². The van der Waals surface area contributed by atoms with E-state index in [1.54, 1.807) is 11.3 Å². The smallest absolute Gasteiger partial charge is 0.173 e. The van der Waals surface area contributed by atoms with Crippen molar-refractivity contribution >= 4 is 46.0 Å². The van der Waals surface area contributed by atoms with Crippen LogP contribution < -0.4 is 10.2 Å². The summed E-state index contributed by atoms with van der Waals surface area (Å²) in [6, 6.07) is 10.0. The Morgan fingerprint density at radius 2 is 2.13 bits per heavy atom. The second-order valence-electron chi connectivity index (χ2n) is 5.85. The van der Waals surface area contributed by atoms with E-state index in [1.807, 2.05) is 18.2 Å². The molecule has 0 bridgehead atoms. The van der Waals surface area contributed by atoms with Crippen LogP contribution in [0.1, 0.15) is 10.4 Å². The molecule has 2 aromatic rings. The minimum Gasteiger partial charge on any atom is -0.338 e. The monoisotopic (exact) mass is 368 g/mol. The highest BCUT2D eigenvalue weighted by atomic mass is 35.5. The predicted molar refractivity (Wildman–Crippen MR) is 105 cm³/mol. The molecule has 6 heteroatoms. The van der Waals surface area contributed by atoms with E-state index < -0.39 is 0 Å². The van der Waals surface area contributed by atoms with Crippen LogP contribution in [0.2, 0.25) is 5.02 Å². The lowest BCUT2D eigenvalue weighted by Crippen LogP contribution is -3.06. The Hall–Kier alpha value is -1.14. The highest BCUT2D eigenvalue weighted by Gasteiger charge is 2.13. The fourth-order valence-electron chi connectivity index (χ4n) is 2.12. The molecule has 0 atom stereocenters. The summed E-state index contributed by atoms with van der Waals surface area (Å²) in [5.41, 5.74) is 2.10. The molecule has 0 aliphatic rings. The number of nitrogens with one attached hydrogen (secondary N) is 2. The quantitative estimate of drug-likeness (QED) is 0.764. The number of quaternary nitrogens is 1. The highest BCUT2D eigenvalue weighted by Crippen LogP contribution is 2.21. The van der Waals surface area contributed by atoms with Crippen molar-refractivity contribution in [2.24, 2.45) is 0 Å². The summed E-state index contributed by atoms with van der Waals surface area (Å²) in [7, 11) is 4.31. The predicted octanol–water partition coefficient (Wildman–Crippen LogP) is 3.05. The van der Waals surface area contributed by atoms with Crippen molar-refractivity contribution in [2.75, 3.05) is 32.5 Å². The molecular formula is C17H23ClN3S2+. The number of thiophene rings is 1. The van der Waals surface area contributed by atoms with Crippen molar-refractivity contribution in [1.82, 2.24) is 4.90 Å². The van der Waals surface area contributed by atoms with Crippen LogP contribution in [0.5, 0.6) is 0 Å². The van der Waals surface area contributed by atoms with Crippen molar-refractivity contribution in [3.05, 3.63) is 51.2 Å². The number of benzene rings is 1. The number of hydrogen-bond acceptors (Lipinski definition) is 2. The van der Waals surface area contributed by atoms with Crippen LogP contribution in [0.3, 0.4) is 0 Å². The first-order chi connectivity index (χ1) is 11.0. The van der Waals surface area contributed by atoms with Gasteiger partial charge in [0.05, 0.1) is 33.7 Å². The molecule has 1 aromatic carbocycles. The first-order valence-corrected chi connectivity index (χ1v) is 9.26. The summed E-state index contributed by atoms with van der Waals surface area (Å²) < 4.78 is 0. The molecular weight excluding hydrogens is 346 g/mol. The summed E-state index contributed by atoms with van der Waals surface area (Å²) in [4.78, 5) is 4.93. The number of thiocarbonyl (C=S) groups is 1. The minimum absolute atomic E-state index is 0.712. The molecule has 0 spiro atoms. The van der Waals surface area contributed by atoms with Gasteiger partial charge in [-0.2, -0.15) is 0 Å². The van der Waals surface area contributed by atoms with Gasteiger partial charge in [-0.15, -0.1) is 11.3 Å². The number of rotatable bonds is 6. The van der Waals surface area contributed by atoms with Gasteiger partial charge >= 0.3 is 0 Å². The number of halogens is 1. The van der Waals surface area contributed by atoms with E-state index in [0.29, 0.717) is 5.02 Å². The zero-order chi connectivity index (χ0) is 16.8. The molecule has 124 valence electrons. The van der Waals surface area contributed by atoms with E-state index in [1.165, 1.54) is 9.78 Å². The van der Waals surface area contributed by atoms with Crippen molar-refractivity contribution in [2.45, 2.75) is 13.5 Å². The molecule has 0 aliphatic carbocycles. The molecule has 0 aliphatic heterocycles. The summed E-state index contributed by atoms with van der Waals surface area (Å²) in [6.45, 7) is 4.82. The van der Waals surface area contributed by atoms with Gasteiger partial charge in [-0.05, 0) is 48.3 Å². The second kappa shape index (κ2) is 8.64. The SMILES string of the molecule is Cc1ccc(Cl)cc1NC(=S)N(CC[NH+](C)C)Cc1cccs1. The number of aryl methyl sites for hydroxylation is 1. The third-order valence-corrected chi connectivity index (χ3v) is 4.99. The lowest BCUT2D eigenvalue weighted by molar-refractivity contribution is -0.857. The van der Waals surface area contributed by atoms with Gasteiger partial charge in [-0.3, -0.25) is 0 Å². The topological polar surface area (TPSA) is 19.7 Å². The van der Waals surface area contributed by atoms with Gasteiger partial charge in [0.1, 0.15) is 0 Å². The van der Waals surface area contributed by atoms with Gasteiger partial charge in [-0.25, -0.2) is 0 Å². The molecule has 23 heavy (non-hydrogen) atoms. The molecule has 2 rings (SSSR count). The standard InChI is InChI=1S/C17H22ClN3S2/c1-13-6-7-14(18)11-16(13)19-17(22)21(9-8-20(2)3)12-15-5-4-10-23-15/h4-7,10-11H,8-9,12H2,1-3H3,(H,19,22)/p+1. The van der Waals surface area contributed by atoms with Gasteiger partial charge in [0.25, 0.3) is 0 Å². The number of nitrogens with zero attached hydrogens (tertiary/aromatic N) is 1. The van der Waals surface area contributed by atoms with Crippen molar-refractivity contribution in [3.8, 4) is 0 Å². The minimum atomic E-state index is 0.712. The van der Waals surface area contributed by atoms with Crippen LogP contribution in [-0.4, -0.2) is 37.2 Å². The van der Waals surface area contributed by atoms with E-state index in [4.69, 9.17) is 23.8 Å². The van der Waals surface area contributed by atoms with Crippen LogP contribution in [0, 0.1) is 6.92 Å². The molecule has 0 radical (unpaired) electrons. The first-order valence-electron chi connectivity index (χ1n) is 7.59. The molecule has 0 unspecified atom stereocenters. The molecule has 0 saturated heterocycles.